The van der Waals surface area contributed by atoms with Crippen LogP contribution in [0, 0.1) is 0 Å². The maximum Gasteiger partial charge on any atom is 0.273 e. The van der Waals surface area contributed by atoms with Gasteiger partial charge in [-0.05, 0) is 24.3 Å². The van der Waals surface area contributed by atoms with Crippen molar-refractivity contribution in [3.8, 4) is 22.0 Å². The van der Waals surface area contributed by atoms with E-state index < -0.39 is 0 Å². The number of thiophene rings is 1. The van der Waals surface area contributed by atoms with Gasteiger partial charge in [-0.3, -0.25) is 4.79 Å². The van der Waals surface area contributed by atoms with Crippen LogP contribution in [-0.4, -0.2) is 39.1 Å². The molecule has 146 valence electrons. The van der Waals surface area contributed by atoms with E-state index in [9.17, 15) is 4.79 Å². The number of rotatable bonds is 4. The number of thiazole rings is 1. The van der Waals surface area contributed by atoms with Crippen molar-refractivity contribution in [1.82, 2.24) is 20.1 Å². The molecule has 0 saturated carbocycles. The van der Waals surface area contributed by atoms with Crippen molar-refractivity contribution in [2.24, 2.45) is 0 Å². The van der Waals surface area contributed by atoms with Gasteiger partial charge in [-0.2, -0.15) is 11.3 Å². The Bertz CT molecular complexity index is 1100. The van der Waals surface area contributed by atoms with Crippen molar-refractivity contribution in [2.75, 3.05) is 13.1 Å². The molecule has 1 aliphatic rings. The zero-order chi connectivity index (χ0) is 19.6. The van der Waals surface area contributed by atoms with E-state index in [0.29, 0.717) is 24.0 Å². The summed E-state index contributed by atoms with van der Waals surface area (Å²) in [5.74, 6) is 1.16. The second kappa shape index (κ2) is 7.88. The van der Waals surface area contributed by atoms with Crippen LogP contribution in [-0.2, 0) is 0 Å². The van der Waals surface area contributed by atoms with Gasteiger partial charge in [-0.15, -0.1) is 21.5 Å². The summed E-state index contributed by atoms with van der Waals surface area (Å²) in [6.07, 6.45) is 1.84. The average Bonchev–Trinajstić information content (AvgIpc) is 3.55. The van der Waals surface area contributed by atoms with Gasteiger partial charge in [0.15, 0.2) is 0 Å². The number of benzene rings is 1. The van der Waals surface area contributed by atoms with Gasteiger partial charge in [-0.1, -0.05) is 30.3 Å². The van der Waals surface area contributed by atoms with Crippen molar-refractivity contribution in [1.29, 1.82) is 0 Å². The van der Waals surface area contributed by atoms with E-state index >= 15 is 0 Å². The van der Waals surface area contributed by atoms with Crippen LogP contribution in [0.15, 0.2) is 57.0 Å². The van der Waals surface area contributed by atoms with E-state index in [0.717, 1.165) is 35.5 Å². The summed E-state index contributed by atoms with van der Waals surface area (Å²) in [6.45, 7) is 1.29. The zero-order valence-electron chi connectivity index (χ0n) is 15.5. The normalized spacial score (nSPS) is 16.8. The SMILES string of the molecule is O=C(c1csc(-c2ccccc2)n1)N1CCCC(c2nnc(-c3ccsc3)o2)C1. The summed E-state index contributed by atoms with van der Waals surface area (Å²) in [4.78, 5) is 19.4. The van der Waals surface area contributed by atoms with E-state index in [2.05, 4.69) is 15.2 Å². The summed E-state index contributed by atoms with van der Waals surface area (Å²) in [5.41, 5.74) is 2.47. The Morgan fingerprint density at radius 1 is 1.10 bits per heavy atom. The smallest absolute Gasteiger partial charge is 0.273 e. The minimum atomic E-state index is -0.0364. The van der Waals surface area contributed by atoms with Crippen molar-refractivity contribution < 1.29 is 9.21 Å². The first-order valence-corrected chi connectivity index (χ1v) is 11.3. The highest BCUT2D eigenvalue weighted by molar-refractivity contribution is 7.13. The number of piperidine rings is 1. The van der Waals surface area contributed by atoms with Crippen molar-refractivity contribution in [3.63, 3.8) is 0 Å². The summed E-state index contributed by atoms with van der Waals surface area (Å²) >= 11 is 3.09. The molecular formula is C21H18N4O2S2. The number of nitrogens with zero attached hydrogens (tertiary/aromatic N) is 4. The lowest BCUT2D eigenvalue weighted by Crippen LogP contribution is -2.39. The third kappa shape index (κ3) is 3.73. The second-order valence-corrected chi connectivity index (χ2v) is 8.59. The topological polar surface area (TPSA) is 72.1 Å². The van der Waals surface area contributed by atoms with Crippen LogP contribution in [0.25, 0.3) is 22.0 Å². The summed E-state index contributed by atoms with van der Waals surface area (Å²) in [5, 5.41) is 15.1. The van der Waals surface area contributed by atoms with Gasteiger partial charge in [-0.25, -0.2) is 4.98 Å². The Balaban J connectivity index is 1.31. The number of hydrogen-bond acceptors (Lipinski definition) is 7. The molecular weight excluding hydrogens is 404 g/mol. The molecule has 1 aliphatic heterocycles. The van der Waals surface area contributed by atoms with Crippen LogP contribution < -0.4 is 0 Å². The van der Waals surface area contributed by atoms with Crippen molar-refractivity contribution in [3.05, 3.63) is 64.1 Å². The fraction of sp³-hybridized carbons (Fsp3) is 0.238. The largest absolute Gasteiger partial charge is 0.420 e. The fourth-order valence-corrected chi connectivity index (χ4v) is 4.94. The first-order valence-electron chi connectivity index (χ1n) is 9.44. The van der Waals surface area contributed by atoms with Crippen LogP contribution in [0.5, 0.6) is 0 Å². The fourth-order valence-electron chi connectivity index (χ4n) is 3.51. The highest BCUT2D eigenvalue weighted by Crippen LogP contribution is 2.30. The quantitative estimate of drug-likeness (QED) is 0.466. The number of aromatic nitrogens is 3. The molecule has 4 heterocycles. The Morgan fingerprint density at radius 3 is 2.83 bits per heavy atom. The van der Waals surface area contributed by atoms with Crippen LogP contribution in [0.1, 0.15) is 35.1 Å². The first-order chi connectivity index (χ1) is 14.3. The number of hydrogen-bond donors (Lipinski definition) is 0. The number of carbonyl (C=O) groups excluding carboxylic acids is 1. The van der Waals surface area contributed by atoms with Crippen LogP contribution >= 0.6 is 22.7 Å². The van der Waals surface area contributed by atoms with Gasteiger partial charge in [0.1, 0.15) is 10.7 Å². The average molecular weight is 423 g/mol. The maximum atomic E-state index is 13.0. The van der Waals surface area contributed by atoms with E-state index in [1.165, 1.54) is 11.3 Å². The van der Waals surface area contributed by atoms with Crippen LogP contribution in [0.2, 0.25) is 0 Å². The van der Waals surface area contributed by atoms with Gasteiger partial charge in [0.05, 0.1) is 5.92 Å². The molecule has 1 unspecified atom stereocenters. The molecule has 1 fully saturated rings. The van der Waals surface area contributed by atoms with Gasteiger partial charge < -0.3 is 9.32 Å². The minimum absolute atomic E-state index is 0.0364. The number of amides is 1. The predicted octanol–water partition coefficient (Wildman–Crippen LogP) is 4.94. The number of carbonyl (C=O) groups is 1. The van der Waals surface area contributed by atoms with E-state index in [1.807, 2.05) is 57.4 Å². The molecule has 1 saturated heterocycles. The third-order valence-corrected chi connectivity index (χ3v) is 6.59. The minimum Gasteiger partial charge on any atom is -0.420 e. The molecule has 0 bridgehead atoms. The Hall–Kier alpha value is -2.84. The van der Waals surface area contributed by atoms with Crippen molar-refractivity contribution >= 4 is 28.6 Å². The standard InChI is InChI=1S/C21H18N4O2S2/c26-21(17-13-29-20(22-17)14-5-2-1-3-6-14)25-9-4-7-15(11-25)18-23-24-19(27-18)16-8-10-28-12-16/h1-3,5-6,8,10,12-13,15H,4,7,9,11H2. The van der Waals surface area contributed by atoms with E-state index in [-0.39, 0.29) is 11.8 Å². The molecule has 1 atom stereocenters. The first kappa shape index (κ1) is 18.2. The van der Waals surface area contributed by atoms with Gasteiger partial charge in [0, 0.05) is 35.0 Å². The van der Waals surface area contributed by atoms with Crippen LogP contribution in [0.3, 0.4) is 0 Å². The molecule has 4 aromatic rings. The molecule has 1 aromatic carbocycles. The summed E-state index contributed by atoms with van der Waals surface area (Å²) in [6, 6.07) is 11.9. The van der Waals surface area contributed by atoms with Crippen LogP contribution in [0.4, 0.5) is 0 Å². The molecule has 6 nitrogen and oxygen atoms in total. The van der Waals surface area contributed by atoms with Crippen molar-refractivity contribution in [2.45, 2.75) is 18.8 Å². The summed E-state index contributed by atoms with van der Waals surface area (Å²) in [7, 11) is 0. The second-order valence-electron chi connectivity index (χ2n) is 6.95. The monoisotopic (exact) mass is 422 g/mol. The molecule has 8 heteroatoms. The predicted molar refractivity (Wildman–Crippen MR) is 113 cm³/mol. The lowest BCUT2D eigenvalue weighted by Gasteiger charge is -2.30. The lowest BCUT2D eigenvalue weighted by atomic mass is 9.98. The lowest BCUT2D eigenvalue weighted by molar-refractivity contribution is 0.0693. The molecule has 0 N–H and O–H groups in total. The van der Waals surface area contributed by atoms with E-state index in [4.69, 9.17) is 4.42 Å². The van der Waals surface area contributed by atoms with Gasteiger partial charge in [0.2, 0.25) is 11.8 Å². The highest BCUT2D eigenvalue weighted by Gasteiger charge is 2.30. The molecule has 0 radical (unpaired) electrons. The Kier molecular flexibility index (Phi) is 4.95. The molecule has 0 spiro atoms. The Morgan fingerprint density at radius 2 is 2.00 bits per heavy atom. The van der Waals surface area contributed by atoms with Gasteiger partial charge >= 0.3 is 0 Å². The molecule has 3 aromatic heterocycles. The molecule has 0 aliphatic carbocycles. The third-order valence-electron chi connectivity index (χ3n) is 5.01. The Labute approximate surface area is 175 Å². The molecule has 29 heavy (non-hydrogen) atoms. The van der Waals surface area contributed by atoms with Gasteiger partial charge in [0.25, 0.3) is 5.91 Å². The molecule has 5 rings (SSSR count). The highest BCUT2D eigenvalue weighted by atomic mass is 32.1. The molecule has 1 amide bonds. The zero-order valence-corrected chi connectivity index (χ0v) is 17.2. The summed E-state index contributed by atoms with van der Waals surface area (Å²) < 4.78 is 5.90. The number of likely N-dealkylation sites (tertiary alicyclic amines) is 1. The maximum absolute atomic E-state index is 13.0. The van der Waals surface area contributed by atoms with E-state index in [1.54, 1.807) is 11.3 Å².